The van der Waals surface area contributed by atoms with Crippen LogP contribution in [0.4, 0.5) is 0 Å². The molecule has 0 aliphatic carbocycles. The van der Waals surface area contributed by atoms with E-state index in [4.69, 9.17) is 16.7 Å². The maximum absolute atomic E-state index is 10.7. The number of rotatable bonds is 3. The van der Waals surface area contributed by atoms with Crippen molar-refractivity contribution in [2.24, 2.45) is 0 Å². The first kappa shape index (κ1) is 12.4. The molecular weight excluding hydrogens is 248 g/mol. The van der Waals surface area contributed by atoms with Gasteiger partial charge in [0, 0.05) is 5.02 Å². The van der Waals surface area contributed by atoms with Crippen LogP contribution in [-0.2, 0) is 0 Å². The van der Waals surface area contributed by atoms with Crippen LogP contribution in [-0.4, -0.2) is 11.1 Å². The van der Waals surface area contributed by atoms with Crippen LogP contribution in [0.25, 0.3) is 12.2 Å². The second kappa shape index (κ2) is 5.52. The second-order valence-electron chi connectivity index (χ2n) is 3.82. The predicted molar refractivity (Wildman–Crippen MR) is 73.8 cm³/mol. The minimum absolute atomic E-state index is 0.287. The molecule has 90 valence electrons. The second-order valence-corrected chi connectivity index (χ2v) is 4.25. The van der Waals surface area contributed by atoms with Crippen LogP contribution in [0, 0.1) is 0 Å². The summed E-state index contributed by atoms with van der Waals surface area (Å²) in [6.45, 7) is 0. The van der Waals surface area contributed by atoms with E-state index in [0.717, 1.165) is 11.1 Å². The van der Waals surface area contributed by atoms with Crippen molar-refractivity contribution in [3.8, 4) is 0 Å². The average molecular weight is 259 g/mol. The first-order valence-electron chi connectivity index (χ1n) is 5.42. The lowest BCUT2D eigenvalue weighted by Gasteiger charge is -1.97. The number of carboxylic acid groups (broad SMARTS) is 1. The molecule has 0 saturated carbocycles. The SMILES string of the molecule is O=C(O)c1ccc(C=Cc2cccc(Cl)c2)cc1. The minimum atomic E-state index is -0.916. The maximum atomic E-state index is 10.7. The van der Waals surface area contributed by atoms with Crippen molar-refractivity contribution in [1.29, 1.82) is 0 Å². The third kappa shape index (κ3) is 3.22. The van der Waals surface area contributed by atoms with Gasteiger partial charge in [-0.05, 0) is 35.4 Å². The summed E-state index contributed by atoms with van der Waals surface area (Å²) in [4.78, 5) is 10.7. The van der Waals surface area contributed by atoms with Gasteiger partial charge in [-0.2, -0.15) is 0 Å². The Balaban J connectivity index is 2.16. The molecule has 2 aromatic rings. The van der Waals surface area contributed by atoms with E-state index in [2.05, 4.69) is 0 Å². The van der Waals surface area contributed by atoms with Crippen molar-refractivity contribution in [1.82, 2.24) is 0 Å². The Morgan fingerprint density at radius 2 is 1.67 bits per heavy atom. The number of halogens is 1. The van der Waals surface area contributed by atoms with Gasteiger partial charge in [-0.3, -0.25) is 0 Å². The summed E-state index contributed by atoms with van der Waals surface area (Å²) < 4.78 is 0. The molecule has 0 fully saturated rings. The molecule has 0 bridgehead atoms. The van der Waals surface area contributed by atoms with Gasteiger partial charge in [0.1, 0.15) is 0 Å². The van der Waals surface area contributed by atoms with E-state index in [9.17, 15) is 4.79 Å². The van der Waals surface area contributed by atoms with Gasteiger partial charge < -0.3 is 5.11 Å². The summed E-state index contributed by atoms with van der Waals surface area (Å²) in [5.74, 6) is -0.916. The van der Waals surface area contributed by atoms with Crippen molar-refractivity contribution in [2.45, 2.75) is 0 Å². The van der Waals surface area contributed by atoms with Gasteiger partial charge in [-0.25, -0.2) is 4.79 Å². The van der Waals surface area contributed by atoms with E-state index in [-0.39, 0.29) is 5.56 Å². The van der Waals surface area contributed by atoms with Gasteiger partial charge in [-0.1, -0.05) is 48.0 Å². The van der Waals surface area contributed by atoms with Crippen LogP contribution in [0.1, 0.15) is 21.5 Å². The number of carbonyl (C=O) groups is 1. The number of carboxylic acids is 1. The van der Waals surface area contributed by atoms with Gasteiger partial charge in [0.2, 0.25) is 0 Å². The Morgan fingerprint density at radius 3 is 2.28 bits per heavy atom. The van der Waals surface area contributed by atoms with E-state index in [1.165, 1.54) is 0 Å². The highest BCUT2D eigenvalue weighted by atomic mass is 35.5. The van der Waals surface area contributed by atoms with Gasteiger partial charge in [0.25, 0.3) is 0 Å². The zero-order valence-electron chi connectivity index (χ0n) is 9.51. The first-order chi connectivity index (χ1) is 8.65. The molecule has 2 rings (SSSR count). The lowest BCUT2D eigenvalue weighted by atomic mass is 10.1. The fourth-order valence-electron chi connectivity index (χ4n) is 1.54. The number of benzene rings is 2. The van der Waals surface area contributed by atoms with Crippen LogP contribution in [0.5, 0.6) is 0 Å². The Labute approximate surface area is 110 Å². The highest BCUT2D eigenvalue weighted by molar-refractivity contribution is 6.30. The molecule has 18 heavy (non-hydrogen) atoms. The molecule has 2 nitrogen and oxygen atoms in total. The Bertz CT molecular complexity index is 586. The molecule has 0 atom stereocenters. The van der Waals surface area contributed by atoms with Crippen molar-refractivity contribution < 1.29 is 9.90 Å². The number of aromatic carboxylic acids is 1. The molecule has 0 aromatic heterocycles. The molecule has 0 spiro atoms. The quantitative estimate of drug-likeness (QED) is 0.838. The van der Waals surface area contributed by atoms with Crippen molar-refractivity contribution in [3.05, 3.63) is 70.2 Å². The Kier molecular flexibility index (Phi) is 3.80. The van der Waals surface area contributed by atoms with Crippen molar-refractivity contribution in [3.63, 3.8) is 0 Å². The molecule has 0 amide bonds. The summed E-state index contributed by atoms with van der Waals surface area (Å²) in [6, 6.07) is 14.2. The van der Waals surface area contributed by atoms with Crippen LogP contribution < -0.4 is 0 Å². The van der Waals surface area contributed by atoms with E-state index >= 15 is 0 Å². The van der Waals surface area contributed by atoms with Crippen molar-refractivity contribution in [2.75, 3.05) is 0 Å². The smallest absolute Gasteiger partial charge is 0.335 e. The molecule has 0 aliphatic heterocycles. The lowest BCUT2D eigenvalue weighted by molar-refractivity contribution is 0.0697. The molecule has 0 saturated heterocycles. The van der Waals surface area contributed by atoms with Crippen LogP contribution >= 0.6 is 11.6 Å². The number of hydrogen-bond acceptors (Lipinski definition) is 1. The minimum Gasteiger partial charge on any atom is -0.478 e. The van der Waals surface area contributed by atoms with Gasteiger partial charge >= 0.3 is 5.97 Å². The first-order valence-corrected chi connectivity index (χ1v) is 5.80. The largest absolute Gasteiger partial charge is 0.478 e. The van der Waals surface area contributed by atoms with Crippen LogP contribution in [0.15, 0.2) is 48.5 Å². The fraction of sp³-hybridized carbons (Fsp3) is 0. The Morgan fingerprint density at radius 1 is 1.00 bits per heavy atom. The molecule has 0 radical (unpaired) electrons. The van der Waals surface area contributed by atoms with Gasteiger partial charge in [-0.15, -0.1) is 0 Å². The predicted octanol–water partition coefficient (Wildman–Crippen LogP) is 4.21. The highest BCUT2D eigenvalue weighted by Gasteiger charge is 1.99. The highest BCUT2D eigenvalue weighted by Crippen LogP contribution is 2.14. The summed E-state index contributed by atoms with van der Waals surface area (Å²) in [5, 5.41) is 9.47. The summed E-state index contributed by atoms with van der Waals surface area (Å²) in [5.41, 5.74) is 2.24. The molecular formula is C15H11ClO2. The van der Waals surface area contributed by atoms with E-state index in [1.807, 2.05) is 36.4 Å². The maximum Gasteiger partial charge on any atom is 0.335 e. The summed E-state index contributed by atoms with van der Waals surface area (Å²) >= 11 is 5.88. The zero-order chi connectivity index (χ0) is 13.0. The van der Waals surface area contributed by atoms with Gasteiger partial charge in [0.05, 0.1) is 5.56 Å². The molecule has 1 N–H and O–H groups in total. The van der Waals surface area contributed by atoms with E-state index in [1.54, 1.807) is 24.3 Å². The molecule has 2 aromatic carbocycles. The monoisotopic (exact) mass is 258 g/mol. The summed E-state index contributed by atoms with van der Waals surface area (Å²) in [7, 11) is 0. The molecule has 0 aliphatic rings. The van der Waals surface area contributed by atoms with Crippen LogP contribution in [0.3, 0.4) is 0 Å². The Hall–Kier alpha value is -2.06. The molecule has 0 heterocycles. The normalized spacial score (nSPS) is 10.7. The van der Waals surface area contributed by atoms with E-state index < -0.39 is 5.97 Å². The molecule has 3 heteroatoms. The third-order valence-corrected chi connectivity index (χ3v) is 2.71. The van der Waals surface area contributed by atoms with Gasteiger partial charge in [0.15, 0.2) is 0 Å². The standard InChI is InChI=1S/C15H11ClO2/c16-14-3-1-2-12(10-14)5-4-11-6-8-13(9-7-11)15(17)18/h1-10H,(H,17,18). The third-order valence-electron chi connectivity index (χ3n) is 2.47. The fourth-order valence-corrected chi connectivity index (χ4v) is 1.74. The summed E-state index contributed by atoms with van der Waals surface area (Å²) in [6.07, 6.45) is 3.85. The topological polar surface area (TPSA) is 37.3 Å². The molecule has 0 unspecified atom stereocenters. The average Bonchev–Trinajstić information content (AvgIpc) is 2.37. The van der Waals surface area contributed by atoms with Crippen LogP contribution in [0.2, 0.25) is 5.02 Å². The van der Waals surface area contributed by atoms with Crippen molar-refractivity contribution >= 4 is 29.7 Å². The lowest BCUT2D eigenvalue weighted by Crippen LogP contribution is -1.94. The number of hydrogen-bond donors (Lipinski definition) is 1. The zero-order valence-corrected chi connectivity index (χ0v) is 10.3. The van der Waals surface area contributed by atoms with E-state index in [0.29, 0.717) is 5.02 Å².